The number of hydrogen-bond donors (Lipinski definition) is 1. The zero-order chi connectivity index (χ0) is 29.0. The summed E-state index contributed by atoms with van der Waals surface area (Å²) in [5.74, 6) is -0.735. The second-order valence-electron chi connectivity index (χ2n) is 12.5. The third-order valence-corrected chi connectivity index (χ3v) is 7.08. The van der Waals surface area contributed by atoms with Crippen LogP contribution in [0.25, 0.3) is 0 Å². The third kappa shape index (κ3) is 8.10. The van der Waals surface area contributed by atoms with Gasteiger partial charge in [-0.1, -0.05) is 51.1 Å². The summed E-state index contributed by atoms with van der Waals surface area (Å²) in [6, 6.07) is 7.62. The normalized spacial score (nSPS) is 20.6. The summed E-state index contributed by atoms with van der Waals surface area (Å²) in [6.07, 6.45) is 0.262. The van der Waals surface area contributed by atoms with E-state index in [1.807, 2.05) is 71.9 Å². The van der Waals surface area contributed by atoms with Crippen LogP contribution in [0, 0.1) is 17.3 Å². The predicted octanol–water partition coefficient (Wildman–Crippen LogP) is 3.97. The number of methoxy groups -OCH3 is 1. The summed E-state index contributed by atoms with van der Waals surface area (Å²) in [6.45, 7) is 12.6. The summed E-state index contributed by atoms with van der Waals surface area (Å²) in [5.41, 5.74) is -0.361. The lowest BCUT2D eigenvalue weighted by Gasteiger charge is -2.41. The van der Waals surface area contributed by atoms with Gasteiger partial charge in [0.2, 0.25) is 5.91 Å². The first-order chi connectivity index (χ1) is 18.2. The van der Waals surface area contributed by atoms with Gasteiger partial charge in [0.1, 0.15) is 24.3 Å². The van der Waals surface area contributed by atoms with Gasteiger partial charge in [-0.3, -0.25) is 4.79 Å². The van der Waals surface area contributed by atoms with Crippen LogP contribution < -0.4 is 5.32 Å². The number of benzene rings is 1. The smallest absolute Gasteiger partial charge is 0.410 e. The average molecular weight is 546 g/mol. The molecule has 0 spiro atoms. The van der Waals surface area contributed by atoms with Gasteiger partial charge in [0, 0.05) is 19.6 Å². The molecule has 3 rings (SSSR count). The molecule has 0 saturated carbocycles. The minimum atomic E-state index is -0.905. The first kappa shape index (κ1) is 30.2. The molecule has 0 aliphatic carbocycles. The standard InChI is InChI=1S/C29H43N3O7/c1-28(2,3)23(30-26(35)38-18-19-11-9-8-10-12-19)24(33)32-14-13-21(22(32)25(34)37-7)15-20-16-31(17-20)27(36)39-29(4,5)6/h8-12,20-23H,13-18H2,1-7H3,(H,30,35)/t21-,22-,23+/m0/s1. The van der Waals surface area contributed by atoms with Crippen molar-refractivity contribution >= 4 is 24.1 Å². The summed E-state index contributed by atoms with van der Waals surface area (Å²) < 4.78 is 15.9. The molecule has 3 amide bonds. The number of carbonyl (C=O) groups is 4. The first-order valence-corrected chi connectivity index (χ1v) is 13.5. The third-order valence-electron chi connectivity index (χ3n) is 7.08. The lowest BCUT2D eigenvalue weighted by molar-refractivity contribution is -0.154. The highest BCUT2D eigenvalue weighted by atomic mass is 16.6. The topological polar surface area (TPSA) is 114 Å². The molecule has 2 heterocycles. The molecule has 2 fully saturated rings. The maximum atomic E-state index is 13.8. The number of likely N-dealkylation sites (tertiary alicyclic amines) is 2. The van der Waals surface area contributed by atoms with Gasteiger partial charge in [-0.15, -0.1) is 0 Å². The molecule has 0 aromatic heterocycles. The molecule has 2 aliphatic heterocycles. The van der Waals surface area contributed by atoms with Crippen molar-refractivity contribution in [2.24, 2.45) is 17.3 Å². The maximum Gasteiger partial charge on any atom is 0.410 e. The Morgan fingerprint density at radius 1 is 1.03 bits per heavy atom. The van der Waals surface area contributed by atoms with Gasteiger partial charge in [-0.2, -0.15) is 0 Å². The van der Waals surface area contributed by atoms with Gasteiger partial charge < -0.3 is 29.3 Å². The van der Waals surface area contributed by atoms with E-state index in [2.05, 4.69) is 5.32 Å². The second kappa shape index (κ2) is 12.3. The average Bonchev–Trinajstić information content (AvgIpc) is 3.24. The molecular weight excluding hydrogens is 502 g/mol. The fourth-order valence-electron chi connectivity index (χ4n) is 5.11. The zero-order valence-electron chi connectivity index (χ0n) is 24.2. The predicted molar refractivity (Wildman–Crippen MR) is 145 cm³/mol. The Kier molecular flexibility index (Phi) is 9.51. The van der Waals surface area contributed by atoms with Gasteiger partial charge in [-0.25, -0.2) is 14.4 Å². The molecule has 10 nitrogen and oxygen atoms in total. The SMILES string of the molecule is COC(=O)[C@@H]1[C@H](CC2CN(C(=O)OC(C)(C)C)C2)CCN1C(=O)[C@@H](NC(=O)OCc1ccccc1)C(C)(C)C. The van der Waals surface area contributed by atoms with Crippen molar-refractivity contribution in [1.82, 2.24) is 15.1 Å². The van der Waals surface area contributed by atoms with Crippen LogP contribution in [-0.2, 0) is 30.4 Å². The number of carbonyl (C=O) groups excluding carboxylic acids is 4. The van der Waals surface area contributed by atoms with E-state index in [1.54, 1.807) is 4.90 Å². The van der Waals surface area contributed by atoms with E-state index in [0.717, 1.165) is 5.56 Å². The lowest BCUT2D eigenvalue weighted by Crippen LogP contribution is -2.58. The molecule has 2 saturated heterocycles. The number of esters is 1. The number of rotatable bonds is 7. The van der Waals surface area contributed by atoms with Crippen LogP contribution >= 0.6 is 0 Å². The minimum Gasteiger partial charge on any atom is -0.467 e. The van der Waals surface area contributed by atoms with Crippen molar-refractivity contribution in [1.29, 1.82) is 0 Å². The molecule has 1 N–H and O–H groups in total. The van der Waals surface area contributed by atoms with Crippen LogP contribution in [-0.4, -0.2) is 78.3 Å². The molecule has 0 bridgehead atoms. The van der Waals surface area contributed by atoms with Gasteiger partial charge in [0.15, 0.2) is 0 Å². The Morgan fingerprint density at radius 3 is 2.23 bits per heavy atom. The maximum absolute atomic E-state index is 13.8. The molecular formula is C29H43N3O7. The number of alkyl carbamates (subject to hydrolysis) is 1. The van der Waals surface area contributed by atoms with Crippen LogP contribution in [0.2, 0.25) is 0 Å². The van der Waals surface area contributed by atoms with E-state index in [0.29, 0.717) is 32.5 Å². The Bertz CT molecular complexity index is 1030. The number of hydrogen-bond acceptors (Lipinski definition) is 7. The van der Waals surface area contributed by atoms with E-state index in [4.69, 9.17) is 14.2 Å². The molecule has 216 valence electrons. The number of amides is 3. The van der Waals surface area contributed by atoms with Crippen molar-refractivity contribution in [2.75, 3.05) is 26.7 Å². The van der Waals surface area contributed by atoms with Crippen LogP contribution in [0.3, 0.4) is 0 Å². The lowest BCUT2D eigenvalue weighted by atomic mass is 9.84. The molecule has 2 aliphatic rings. The quantitative estimate of drug-likeness (QED) is 0.407. The van der Waals surface area contributed by atoms with Crippen molar-refractivity contribution < 1.29 is 33.4 Å². The Labute approximate surface area is 231 Å². The summed E-state index contributed by atoms with van der Waals surface area (Å²) in [4.78, 5) is 54.8. The summed E-state index contributed by atoms with van der Waals surface area (Å²) in [7, 11) is 1.31. The van der Waals surface area contributed by atoms with E-state index in [-0.39, 0.29) is 30.4 Å². The van der Waals surface area contributed by atoms with Crippen LogP contribution in [0.5, 0.6) is 0 Å². The van der Waals surface area contributed by atoms with Gasteiger partial charge in [0.05, 0.1) is 7.11 Å². The van der Waals surface area contributed by atoms with E-state index in [9.17, 15) is 19.2 Å². The highest BCUT2D eigenvalue weighted by Crippen LogP contribution is 2.36. The monoisotopic (exact) mass is 545 g/mol. The van der Waals surface area contributed by atoms with Crippen molar-refractivity contribution in [3.05, 3.63) is 35.9 Å². The Hall–Kier alpha value is -3.30. The van der Waals surface area contributed by atoms with Crippen LogP contribution in [0.1, 0.15) is 59.9 Å². The number of nitrogens with one attached hydrogen (secondary N) is 1. The molecule has 39 heavy (non-hydrogen) atoms. The number of ether oxygens (including phenoxy) is 3. The van der Waals surface area contributed by atoms with E-state index < -0.39 is 35.2 Å². The van der Waals surface area contributed by atoms with Gasteiger partial charge >= 0.3 is 18.2 Å². The van der Waals surface area contributed by atoms with Crippen LogP contribution in [0.4, 0.5) is 9.59 Å². The van der Waals surface area contributed by atoms with Gasteiger partial charge in [-0.05, 0) is 56.4 Å². The highest BCUT2D eigenvalue weighted by molar-refractivity contribution is 5.91. The van der Waals surface area contributed by atoms with E-state index >= 15 is 0 Å². The van der Waals surface area contributed by atoms with Crippen molar-refractivity contribution in [2.45, 2.75) is 78.7 Å². The molecule has 1 aromatic rings. The van der Waals surface area contributed by atoms with Gasteiger partial charge in [0.25, 0.3) is 0 Å². The molecule has 0 unspecified atom stereocenters. The van der Waals surface area contributed by atoms with Crippen molar-refractivity contribution in [3.8, 4) is 0 Å². The molecule has 10 heteroatoms. The zero-order valence-corrected chi connectivity index (χ0v) is 24.2. The number of nitrogens with zero attached hydrogens (tertiary/aromatic N) is 2. The summed E-state index contributed by atoms with van der Waals surface area (Å²) >= 11 is 0. The highest BCUT2D eigenvalue weighted by Gasteiger charge is 2.48. The largest absolute Gasteiger partial charge is 0.467 e. The Morgan fingerprint density at radius 2 is 1.67 bits per heavy atom. The fraction of sp³-hybridized carbons (Fsp3) is 0.655. The van der Waals surface area contributed by atoms with E-state index in [1.165, 1.54) is 12.0 Å². The second-order valence-corrected chi connectivity index (χ2v) is 12.5. The minimum absolute atomic E-state index is 0.0794. The molecule has 0 radical (unpaired) electrons. The molecule has 1 aromatic carbocycles. The summed E-state index contributed by atoms with van der Waals surface area (Å²) in [5, 5.41) is 2.73. The Balaban J connectivity index is 1.64. The fourth-order valence-corrected chi connectivity index (χ4v) is 5.11. The first-order valence-electron chi connectivity index (χ1n) is 13.5. The molecule has 3 atom stereocenters. The van der Waals surface area contributed by atoms with Crippen molar-refractivity contribution in [3.63, 3.8) is 0 Å². The van der Waals surface area contributed by atoms with Crippen LogP contribution in [0.15, 0.2) is 30.3 Å².